The van der Waals surface area contributed by atoms with Gasteiger partial charge in [-0.15, -0.1) is 0 Å². The predicted octanol–water partition coefficient (Wildman–Crippen LogP) is 3.73. The van der Waals surface area contributed by atoms with E-state index in [2.05, 4.69) is 20.3 Å². The molecule has 0 fully saturated rings. The molecule has 9 nitrogen and oxygen atoms in total. The van der Waals surface area contributed by atoms with Crippen molar-refractivity contribution in [3.05, 3.63) is 76.5 Å². The van der Waals surface area contributed by atoms with Crippen LogP contribution in [-0.2, 0) is 15.8 Å². The van der Waals surface area contributed by atoms with Crippen molar-refractivity contribution >= 4 is 34.4 Å². The Labute approximate surface area is 228 Å². The maximum absolute atomic E-state index is 14.5. The second-order valence-electron chi connectivity index (χ2n) is 9.54. The molecule has 2 atom stereocenters. The maximum atomic E-state index is 14.5. The Kier molecular flexibility index (Phi) is 6.46. The lowest BCUT2D eigenvalue weighted by atomic mass is 9.81. The summed E-state index contributed by atoms with van der Waals surface area (Å²) < 4.78 is 62.7. The zero-order valence-electron chi connectivity index (χ0n) is 20.6. The van der Waals surface area contributed by atoms with Crippen LogP contribution in [0, 0.1) is 5.82 Å². The first-order chi connectivity index (χ1) is 18.7. The van der Waals surface area contributed by atoms with Crippen molar-refractivity contribution in [2.75, 3.05) is 13.2 Å². The molecule has 0 spiro atoms. The van der Waals surface area contributed by atoms with Crippen molar-refractivity contribution in [1.29, 1.82) is 0 Å². The van der Waals surface area contributed by atoms with Crippen LogP contribution in [0.5, 0.6) is 5.75 Å². The van der Waals surface area contributed by atoms with Gasteiger partial charge >= 0.3 is 6.18 Å². The minimum Gasteiger partial charge on any atom is -0.489 e. The van der Waals surface area contributed by atoms with Gasteiger partial charge in [0.15, 0.2) is 0 Å². The average molecular weight is 578 g/mol. The van der Waals surface area contributed by atoms with Gasteiger partial charge in [-0.3, -0.25) is 9.59 Å². The van der Waals surface area contributed by atoms with Crippen LogP contribution in [0.1, 0.15) is 28.7 Å². The van der Waals surface area contributed by atoms with E-state index in [-0.39, 0.29) is 45.5 Å². The highest BCUT2D eigenvalue weighted by molar-refractivity contribution is 6.31. The van der Waals surface area contributed by atoms with Crippen molar-refractivity contribution in [2.45, 2.75) is 24.1 Å². The minimum absolute atomic E-state index is 0.0329. The molecule has 3 aromatic heterocycles. The monoisotopic (exact) mass is 577 g/mol. The molecule has 1 aliphatic heterocycles. The summed E-state index contributed by atoms with van der Waals surface area (Å²) in [6.07, 6.45) is -4.02. The number of alkyl halides is 3. The van der Waals surface area contributed by atoms with Gasteiger partial charge in [-0.2, -0.15) is 13.2 Å². The third kappa shape index (κ3) is 4.50. The van der Waals surface area contributed by atoms with E-state index >= 15 is 0 Å². The summed E-state index contributed by atoms with van der Waals surface area (Å²) in [7, 11) is 0. The van der Waals surface area contributed by atoms with Gasteiger partial charge in [0.05, 0.1) is 17.3 Å². The van der Waals surface area contributed by atoms with Gasteiger partial charge in [0.2, 0.25) is 11.5 Å². The lowest BCUT2D eigenvalue weighted by molar-refractivity contribution is -0.265. The fraction of sp³-hybridized carbons (Fsp3) is 0.231. The van der Waals surface area contributed by atoms with Gasteiger partial charge in [0, 0.05) is 22.7 Å². The highest BCUT2D eigenvalue weighted by atomic mass is 35.5. The molecule has 0 unspecified atom stereocenters. The molecule has 0 radical (unpaired) electrons. The van der Waals surface area contributed by atoms with Crippen LogP contribution in [0.25, 0.3) is 22.3 Å². The number of hydrogen-bond donors (Lipinski definition) is 4. The fourth-order valence-electron chi connectivity index (χ4n) is 4.35. The third-order valence-electron chi connectivity index (χ3n) is 6.81. The van der Waals surface area contributed by atoms with E-state index in [9.17, 15) is 32.3 Å². The molecule has 14 heteroatoms. The summed E-state index contributed by atoms with van der Waals surface area (Å²) in [5.41, 5.74) is -0.568. The van der Waals surface area contributed by atoms with Gasteiger partial charge in [-0.05, 0) is 49.4 Å². The quantitative estimate of drug-likeness (QED) is 0.257. The van der Waals surface area contributed by atoms with Crippen molar-refractivity contribution < 1.29 is 37.0 Å². The molecular weight excluding hydrogens is 558 g/mol. The van der Waals surface area contributed by atoms with Crippen LogP contribution >= 0.6 is 11.6 Å². The number of rotatable bonds is 6. The third-order valence-corrected chi connectivity index (χ3v) is 7.02. The van der Waals surface area contributed by atoms with Crippen LogP contribution < -0.4 is 15.8 Å². The number of fused-ring (bicyclic) bond motifs is 2. The lowest BCUT2D eigenvalue weighted by Crippen LogP contribution is -2.52. The number of H-pyrrole nitrogens is 1. The van der Waals surface area contributed by atoms with Crippen LogP contribution in [0.4, 0.5) is 17.6 Å². The SMILES string of the molecule is C[C@]1(C(N)=O)COc2c1cc([C@@](O)(CNC(=O)c1cc3cc(Cl)cnc3[nH]1)C(F)(F)F)nc2-c1ccc(F)cc1. The van der Waals surface area contributed by atoms with Crippen LogP contribution in [0.2, 0.25) is 5.02 Å². The molecular formula is C26H20ClF4N5O4. The molecule has 4 heterocycles. The van der Waals surface area contributed by atoms with E-state index in [1.807, 2.05) is 0 Å². The van der Waals surface area contributed by atoms with Gasteiger partial charge in [-0.25, -0.2) is 14.4 Å². The highest BCUT2D eigenvalue weighted by Crippen LogP contribution is 2.47. The largest absolute Gasteiger partial charge is 0.489 e. The molecule has 1 aliphatic rings. The summed E-state index contributed by atoms with van der Waals surface area (Å²) in [4.78, 5) is 35.8. The molecule has 0 aliphatic carbocycles. The zero-order valence-corrected chi connectivity index (χ0v) is 21.3. The first-order valence-electron chi connectivity index (χ1n) is 11.7. The number of aromatic nitrogens is 3. The first kappa shape index (κ1) is 27.3. The molecule has 40 heavy (non-hydrogen) atoms. The van der Waals surface area contributed by atoms with Crippen molar-refractivity contribution in [3.8, 4) is 17.0 Å². The number of pyridine rings is 2. The maximum Gasteiger partial charge on any atom is 0.424 e. The zero-order chi connectivity index (χ0) is 29.0. The molecule has 0 saturated carbocycles. The highest BCUT2D eigenvalue weighted by Gasteiger charge is 2.57. The van der Waals surface area contributed by atoms with Crippen LogP contribution in [0.15, 0.2) is 48.7 Å². The Balaban J connectivity index is 1.58. The molecule has 5 N–H and O–H groups in total. The number of nitrogens with two attached hydrogens (primary N) is 1. The van der Waals surface area contributed by atoms with Gasteiger partial charge < -0.3 is 25.9 Å². The Hall–Kier alpha value is -4.23. The minimum atomic E-state index is -5.35. The van der Waals surface area contributed by atoms with Crippen LogP contribution in [0.3, 0.4) is 0 Å². The number of aliphatic hydroxyl groups is 1. The number of carbonyl (C=O) groups is 2. The molecule has 0 bridgehead atoms. The van der Waals surface area contributed by atoms with Crippen molar-refractivity contribution in [3.63, 3.8) is 0 Å². The number of benzene rings is 1. The Morgan fingerprint density at radius 2 is 1.93 bits per heavy atom. The molecule has 208 valence electrons. The second kappa shape index (κ2) is 9.45. The number of primary amides is 1. The molecule has 1 aromatic carbocycles. The number of halogens is 5. The number of amides is 2. The molecule has 5 rings (SSSR count). The summed E-state index contributed by atoms with van der Waals surface area (Å²) in [5.74, 6) is -2.50. The summed E-state index contributed by atoms with van der Waals surface area (Å²) in [6.45, 7) is -0.262. The van der Waals surface area contributed by atoms with E-state index < -0.39 is 47.1 Å². The van der Waals surface area contributed by atoms with Gasteiger partial charge in [0.25, 0.3) is 5.91 Å². The van der Waals surface area contributed by atoms with E-state index in [1.54, 1.807) is 0 Å². The number of carbonyl (C=O) groups excluding carboxylic acids is 2. The predicted molar refractivity (Wildman–Crippen MR) is 135 cm³/mol. The van der Waals surface area contributed by atoms with E-state index in [0.717, 1.165) is 18.2 Å². The molecule has 2 amide bonds. The summed E-state index contributed by atoms with van der Waals surface area (Å²) in [5, 5.41) is 13.9. The van der Waals surface area contributed by atoms with Crippen LogP contribution in [-0.4, -0.2) is 51.2 Å². The van der Waals surface area contributed by atoms with E-state index in [4.69, 9.17) is 22.1 Å². The first-order valence-corrected chi connectivity index (χ1v) is 12.1. The standard InChI is InChI=1S/C26H20ClF4N5O4/c1-24(23(32)38)11-40-20-16(24)8-18(36-19(20)12-2-4-15(28)5-3-12)25(39,26(29,30)31)10-34-22(37)17-7-13-6-14(27)9-33-21(13)35-17/h2-9,39H,10-11H2,1H3,(H2,32,38)(H,33,35)(H,34,37)/t24-,25-/m0/s1. The second-order valence-corrected chi connectivity index (χ2v) is 9.98. The Morgan fingerprint density at radius 3 is 2.58 bits per heavy atom. The van der Waals surface area contributed by atoms with Crippen molar-refractivity contribution in [1.82, 2.24) is 20.3 Å². The van der Waals surface area contributed by atoms with E-state index in [1.165, 1.54) is 37.4 Å². The summed E-state index contributed by atoms with van der Waals surface area (Å²) >= 11 is 5.89. The number of ether oxygens (including phenoxy) is 1. The van der Waals surface area contributed by atoms with Gasteiger partial charge in [-0.1, -0.05) is 11.6 Å². The fourth-order valence-corrected chi connectivity index (χ4v) is 4.52. The van der Waals surface area contributed by atoms with Gasteiger partial charge in [0.1, 0.15) is 40.6 Å². The molecule has 0 saturated heterocycles. The average Bonchev–Trinajstić information content (AvgIpc) is 3.48. The Morgan fingerprint density at radius 1 is 1.23 bits per heavy atom. The number of aromatic amines is 1. The molecule has 4 aromatic rings. The van der Waals surface area contributed by atoms with Crippen molar-refractivity contribution in [2.24, 2.45) is 5.73 Å². The summed E-state index contributed by atoms with van der Waals surface area (Å²) in [6, 6.07) is 8.38. The smallest absolute Gasteiger partial charge is 0.424 e. The number of hydrogen-bond acceptors (Lipinski definition) is 6. The number of nitrogens with one attached hydrogen (secondary N) is 2. The van der Waals surface area contributed by atoms with E-state index in [0.29, 0.717) is 5.39 Å². The lowest BCUT2D eigenvalue weighted by Gasteiger charge is -2.31. The normalized spacial score (nSPS) is 18.2. The number of nitrogens with zero attached hydrogens (tertiary/aromatic N) is 2. The Bertz CT molecular complexity index is 1660. The topological polar surface area (TPSA) is 143 Å².